The number of hydrogen-bond acceptors (Lipinski definition) is 6. The second kappa shape index (κ2) is 9.41. The van der Waals surface area contributed by atoms with Crippen molar-refractivity contribution in [3.8, 4) is 0 Å². The van der Waals surface area contributed by atoms with Gasteiger partial charge in [0.15, 0.2) is 0 Å². The van der Waals surface area contributed by atoms with Gasteiger partial charge in [0.05, 0.1) is 5.92 Å². The molecule has 27 heavy (non-hydrogen) atoms. The molecule has 2 rings (SSSR count). The van der Waals surface area contributed by atoms with Crippen LogP contribution in [0, 0.1) is 5.92 Å². The molecule has 0 bridgehead atoms. The topological polar surface area (TPSA) is 134 Å². The van der Waals surface area contributed by atoms with E-state index in [2.05, 4.69) is 10.2 Å². The van der Waals surface area contributed by atoms with Crippen molar-refractivity contribution in [1.29, 1.82) is 0 Å². The van der Waals surface area contributed by atoms with Crippen LogP contribution in [0.3, 0.4) is 0 Å². The number of likely N-dealkylation sites (tertiary alicyclic amines) is 1. The Morgan fingerprint density at radius 3 is 2.59 bits per heavy atom. The number of nitrogens with zero attached hydrogens (tertiary/aromatic N) is 1. The molecule has 1 unspecified atom stereocenters. The van der Waals surface area contributed by atoms with Gasteiger partial charge in [-0.2, -0.15) is 5.48 Å². The van der Waals surface area contributed by atoms with Crippen LogP contribution in [0.5, 0.6) is 0 Å². The second-order valence-electron chi connectivity index (χ2n) is 6.03. The smallest absolute Gasteiger partial charge is 0.434 e. The third-order valence-electron chi connectivity index (χ3n) is 3.98. The summed E-state index contributed by atoms with van der Waals surface area (Å²) >= 11 is 0. The van der Waals surface area contributed by atoms with Gasteiger partial charge in [-0.15, -0.1) is 0 Å². The summed E-state index contributed by atoms with van der Waals surface area (Å²) in [4.78, 5) is 52.1. The molecule has 10 nitrogen and oxygen atoms in total. The van der Waals surface area contributed by atoms with E-state index in [9.17, 15) is 19.2 Å². The largest absolute Gasteiger partial charge is 0.481 e. The summed E-state index contributed by atoms with van der Waals surface area (Å²) in [5.41, 5.74) is 2.73. The highest BCUT2D eigenvalue weighted by molar-refractivity contribution is 5.85. The molecular formula is C17H21N3O7. The fraction of sp³-hybridized carbons (Fsp3) is 0.412. The van der Waals surface area contributed by atoms with E-state index < -0.39 is 36.0 Å². The van der Waals surface area contributed by atoms with E-state index in [1.807, 2.05) is 11.5 Å². The summed E-state index contributed by atoms with van der Waals surface area (Å²) in [5.74, 6) is -2.39. The summed E-state index contributed by atoms with van der Waals surface area (Å²) in [6.45, 7) is 1.69. The van der Waals surface area contributed by atoms with Crippen LogP contribution >= 0.6 is 0 Å². The Labute approximate surface area is 155 Å². The van der Waals surface area contributed by atoms with Crippen molar-refractivity contribution >= 4 is 24.1 Å². The highest BCUT2D eigenvalue weighted by atomic mass is 16.7. The highest BCUT2D eigenvalue weighted by Crippen LogP contribution is 2.16. The molecule has 1 aliphatic heterocycles. The van der Waals surface area contributed by atoms with Crippen molar-refractivity contribution in [2.45, 2.75) is 26.0 Å². The van der Waals surface area contributed by atoms with Crippen molar-refractivity contribution in [2.75, 3.05) is 13.1 Å². The third kappa shape index (κ3) is 6.17. The second-order valence-corrected chi connectivity index (χ2v) is 6.03. The molecule has 10 heteroatoms. The number of carboxylic acids is 1. The molecule has 1 saturated heterocycles. The monoisotopic (exact) mass is 379 g/mol. The van der Waals surface area contributed by atoms with E-state index in [4.69, 9.17) is 9.84 Å². The lowest BCUT2D eigenvalue weighted by Gasteiger charge is -2.17. The van der Waals surface area contributed by atoms with E-state index in [-0.39, 0.29) is 19.7 Å². The minimum absolute atomic E-state index is 0.0175. The van der Waals surface area contributed by atoms with E-state index in [1.54, 1.807) is 24.3 Å². The van der Waals surface area contributed by atoms with Crippen molar-refractivity contribution in [3.05, 3.63) is 35.9 Å². The van der Waals surface area contributed by atoms with Gasteiger partial charge in [-0.3, -0.25) is 9.59 Å². The summed E-state index contributed by atoms with van der Waals surface area (Å²) < 4.78 is 4.99. The molecule has 3 amide bonds. The normalized spacial score (nSPS) is 16.9. The van der Waals surface area contributed by atoms with Crippen LogP contribution in [-0.4, -0.2) is 53.2 Å². The van der Waals surface area contributed by atoms with Crippen LogP contribution in [0.25, 0.3) is 0 Å². The summed E-state index contributed by atoms with van der Waals surface area (Å²) in [6, 6.07) is 8.01. The molecule has 0 aliphatic carbocycles. The first-order chi connectivity index (χ1) is 12.9. The Morgan fingerprint density at radius 2 is 1.96 bits per heavy atom. The quantitative estimate of drug-likeness (QED) is 0.646. The van der Waals surface area contributed by atoms with Gasteiger partial charge in [0.25, 0.3) is 5.91 Å². The first-order valence-corrected chi connectivity index (χ1v) is 8.32. The van der Waals surface area contributed by atoms with E-state index in [0.717, 1.165) is 5.56 Å². The average molecular weight is 379 g/mol. The number of hydrogen-bond donors (Lipinski definition) is 3. The zero-order valence-corrected chi connectivity index (χ0v) is 14.7. The number of amides is 3. The van der Waals surface area contributed by atoms with Crippen molar-refractivity contribution < 1.29 is 33.9 Å². The van der Waals surface area contributed by atoms with E-state index in [1.165, 1.54) is 11.8 Å². The number of carbonyl (C=O) groups excluding carboxylic acids is 3. The number of carbonyl (C=O) groups is 4. The lowest BCUT2D eigenvalue weighted by molar-refractivity contribution is -0.141. The number of nitrogens with one attached hydrogen (secondary N) is 2. The molecule has 1 aromatic carbocycles. The van der Waals surface area contributed by atoms with Crippen molar-refractivity contribution in [1.82, 2.24) is 15.7 Å². The molecule has 2 atom stereocenters. The van der Waals surface area contributed by atoms with Gasteiger partial charge >= 0.3 is 18.2 Å². The predicted octanol–water partition coefficient (Wildman–Crippen LogP) is 0.876. The number of alkyl carbamates (subject to hydrolysis) is 1. The van der Waals surface area contributed by atoms with Crippen molar-refractivity contribution in [2.24, 2.45) is 5.92 Å². The fourth-order valence-corrected chi connectivity index (χ4v) is 2.38. The Morgan fingerprint density at radius 1 is 1.26 bits per heavy atom. The first kappa shape index (κ1) is 20.0. The van der Waals surface area contributed by atoms with Crippen molar-refractivity contribution in [3.63, 3.8) is 0 Å². The van der Waals surface area contributed by atoms with Gasteiger partial charge in [-0.1, -0.05) is 30.3 Å². The molecule has 0 aromatic heterocycles. The zero-order valence-electron chi connectivity index (χ0n) is 14.7. The van der Waals surface area contributed by atoms with E-state index >= 15 is 0 Å². The Hall–Kier alpha value is -3.30. The number of carboxylic acid groups (broad SMARTS) is 1. The predicted molar refractivity (Wildman–Crippen MR) is 91.2 cm³/mol. The first-order valence-electron chi connectivity index (χ1n) is 8.32. The van der Waals surface area contributed by atoms with Crippen LogP contribution < -0.4 is 10.8 Å². The molecule has 146 valence electrons. The molecule has 1 heterocycles. The molecule has 1 aromatic rings. The van der Waals surface area contributed by atoms with Crippen LogP contribution in [0.4, 0.5) is 9.59 Å². The number of aliphatic carboxylic acids is 1. The zero-order chi connectivity index (χ0) is 19.8. The molecule has 0 saturated carbocycles. The standard InChI is InChI=1S/C17H21N3O7/c1-11(18-16(24)26-10-12-5-3-2-4-6-12)14(21)19-27-17(25)20-8-7-13(9-20)15(22)23/h2-6,11,13H,7-10H2,1H3,(H,18,24)(H,19,21)(H,22,23)/t11-,13?/m0/s1. The van der Waals surface area contributed by atoms with Gasteiger partial charge in [0.2, 0.25) is 0 Å². The summed E-state index contributed by atoms with van der Waals surface area (Å²) in [7, 11) is 0. The lowest BCUT2D eigenvalue weighted by Crippen LogP contribution is -2.46. The van der Waals surface area contributed by atoms with Gasteiger partial charge in [0.1, 0.15) is 12.6 Å². The highest BCUT2D eigenvalue weighted by Gasteiger charge is 2.32. The van der Waals surface area contributed by atoms with Crippen LogP contribution in [0.2, 0.25) is 0 Å². The van der Waals surface area contributed by atoms with Crippen LogP contribution in [0.15, 0.2) is 30.3 Å². The number of hydroxylamine groups is 1. The SMILES string of the molecule is C[C@H](NC(=O)OCc1ccccc1)C(=O)NOC(=O)N1CCC(C(=O)O)C1. The molecule has 1 fully saturated rings. The van der Waals surface area contributed by atoms with Gasteiger partial charge in [-0.05, 0) is 18.9 Å². The fourth-order valence-electron chi connectivity index (χ4n) is 2.38. The molecule has 0 radical (unpaired) electrons. The van der Waals surface area contributed by atoms with Crippen LogP contribution in [-0.2, 0) is 25.8 Å². The minimum atomic E-state index is -1.01. The van der Waals surface area contributed by atoms with Crippen LogP contribution in [0.1, 0.15) is 18.9 Å². The van der Waals surface area contributed by atoms with Gasteiger partial charge in [-0.25, -0.2) is 9.59 Å². The Kier molecular flexibility index (Phi) is 6.98. The number of benzene rings is 1. The van der Waals surface area contributed by atoms with Gasteiger partial charge in [0, 0.05) is 13.1 Å². The Balaban J connectivity index is 1.68. The maximum Gasteiger partial charge on any atom is 0.434 e. The number of rotatable bonds is 5. The third-order valence-corrected chi connectivity index (χ3v) is 3.98. The minimum Gasteiger partial charge on any atom is -0.481 e. The average Bonchev–Trinajstić information content (AvgIpc) is 3.15. The molecular weight excluding hydrogens is 358 g/mol. The maximum atomic E-state index is 11.9. The molecule has 1 aliphatic rings. The molecule has 3 N–H and O–H groups in total. The lowest BCUT2D eigenvalue weighted by atomic mass is 10.1. The Bertz CT molecular complexity index is 695. The van der Waals surface area contributed by atoms with E-state index in [0.29, 0.717) is 6.42 Å². The summed E-state index contributed by atoms with van der Waals surface area (Å²) in [5, 5.41) is 11.2. The van der Waals surface area contributed by atoms with Gasteiger partial charge < -0.3 is 24.9 Å². The number of ether oxygens (including phenoxy) is 1. The molecule has 0 spiro atoms. The summed E-state index contributed by atoms with van der Waals surface area (Å²) in [6.07, 6.45) is -1.33. The maximum absolute atomic E-state index is 11.9.